The first-order valence-electron chi connectivity index (χ1n) is 3.79. The number of hydrogen-bond donors (Lipinski definition) is 0. The lowest BCUT2D eigenvalue weighted by atomic mass is 10.4. The summed E-state index contributed by atoms with van der Waals surface area (Å²) in [5, 5.41) is 0. The van der Waals surface area contributed by atoms with Gasteiger partial charge in [0, 0.05) is 24.7 Å². The number of nitrogens with zero attached hydrogens (tertiary/aromatic N) is 1. The average molecular weight is 187 g/mol. The lowest BCUT2D eigenvalue weighted by Gasteiger charge is -2.11. The molecular weight excluding hydrogens is 174 g/mol. The van der Waals surface area contributed by atoms with E-state index in [0.29, 0.717) is 0 Å². The summed E-state index contributed by atoms with van der Waals surface area (Å²) in [6.45, 7) is 1.89. The van der Waals surface area contributed by atoms with Crippen LogP contribution < -0.4 is 0 Å². The maximum absolute atomic E-state index is 10.9. The molecule has 1 unspecified atom stereocenters. The Kier molecular flexibility index (Phi) is 2.57. The Hall–Kier alpha value is -0.770. The summed E-state index contributed by atoms with van der Waals surface area (Å²) < 4.78 is 23.7. The van der Waals surface area contributed by atoms with Crippen LogP contribution in [0.5, 0.6) is 0 Å². The van der Waals surface area contributed by atoms with E-state index in [9.17, 15) is 8.42 Å². The summed E-state index contributed by atoms with van der Waals surface area (Å²) in [6.07, 6.45) is 5.00. The Morgan fingerprint density at radius 2 is 1.83 bits per heavy atom. The van der Waals surface area contributed by atoms with Crippen LogP contribution in [-0.4, -0.2) is 25.0 Å². The molecule has 1 aromatic rings. The fourth-order valence-corrected chi connectivity index (χ4v) is 2.21. The molecule has 0 aliphatic heterocycles. The zero-order valence-corrected chi connectivity index (χ0v) is 8.08. The average Bonchev–Trinajstić information content (AvgIpc) is 2.32. The number of sulfone groups is 1. The zero-order chi connectivity index (χ0) is 9.19. The molecule has 1 rings (SSSR count). The molecule has 0 N–H and O–H groups in total. The number of aromatic nitrogens is 1. The van der Waals surface area contributed by atoms with Crippen LogP contribution >= 0.6 is 0 Å². The zero-order valence-electron chi connectivity index (χ0n) is 7.27. The van der Waals surface area contributed by atoms with Gasteiger partial charge in [-0.1, -0.05) is 0 Å². The SMILES string of the molecule is CC(CS(C)(=O)=O)n1cccc1. The second kappa shape index (κ2) is 3.31. The van der Waals surface area contributed by atoms with E-state index in [-0.39, 0.29) is 11.8 Å². The number of rotatable bonds is 3. The van der Waals surface area contributed by atoms with E-state index < -0.39 is 9.84 Å². The molecule has 68 valence electrons. The van der Waals surface area contributed by atoms with E-state index in [1.54, 1.807) is 0 Å². The lowest BCUT2D eigenvalue weighted by Crippen LogP contribution is -2.15. The molecule has 0 aromatic carbocycles. The first-order chi connectivity index (χ1) is 5.49. The Morgan fingerprint density at radius 1 is 1.33 bits per heavy atom. The maximum Gasteiger partial charge on any atom is 0.149 e. The maximum atomic E-state index is 10.9. The summed E-state index contributed by atoms with van der Waals surface area (Å²) in [4.78, 5) is 0. The van der Waals surface area contributed by atoms with Crippen LogP contribution in [0.2, 0.25) is 0 Å². The Morgan fingerprint density at radius 3 is 2.25 bits per heavy atom. The van der Waals surface area contributed by atoms with Crippen molar-refractivity contribution in [2.75, 3.05) is 12.0 Å². The molecule has 1 heterocycles. The highest BCUT2D eigenvalue weighted by molar-refractivity contribution is 7.90. The van der Waals surface area contributed by atoms with Crippen LogP contribution in [0.3, 0.4) is 0 Å². The van der Waals surface area contributed by atoms with Crippen molar-refractivity contribution in [3.05, 3.63) is 24.5 Å². The quantitative estimate of drug-likeness (QED) is 0.710. The van der Waals surface area contributed by atoms with Crippen molar-refractivity contribution in [2.45, 2.75) is 13.0 Å². The van der Waals surface area contributed by atoms with Gasteiger partial charge in [0.2, 0.25) is 0 Å². The third-order valence-electron chi connectivity index (χ3n) is 1.68. The van der Waals surface area contributed by atoms with E-state index in [1.165, 1.54) is 6.26 Å². The van der Waals surface area contributed by atoms with Crippen molar-refractivity contribution in [3.8, 4) is 0 Å². The van der Waals surface area contributed by atoms with E-state index in [0.717, 1.165) is 0 Å². The Labute approximate surface area is 72.9 Å². The fourth-order valence-electron chi connectivity index (χ4n) is 1.17. The van der Waals surface area contributed by atoms with Crippen molar-refractivity contribution in [1.29, 1.82) is 0 Å². The van der Waals surface area contributed by atoms with Crippen LogP contribution in [0.15, 0.2) is 24.5 Å². The predicted octanol–water partition coefficient (Wildman–Crippen LogP) is 1.09. The van der Waals surface area contributed by atoms with E-state index in [1.807, 2.05) is 36.0 Å². The van der Waals surface area contributed by atoms with Crippen LogP contribution in [0.25, 0.3) is 0 Å². The van der Waals surface area contributed by atoms with Gasteiger partial charge in [-0.25, -0.2) is 8.42 Å². The molecule has 1 atom stereocenters. The van der Waals surface area contributed by atoms with Gasteiger partial charge in [-0.15, -0.1) is 0 Å². The summed E-state index contributed by atoms with van der Waals surface area (Å²) in [5.41, 5.74) is 0. The summed E-state index contributed by atoms with van der Waals surface area (Å²) in [6, 6.07) is 3.80. The molecule has 3 nitrogen and oxygen atoms in total. The smallest absolute Gasteiger partial charge is 0.149 e. The summed E-state index contributed by atoms with van der Waals surface area (Å²) >= 11 is 0. The van der Waals surface area contributed by atoms with Crippen molar-refractivity contribution >= 4 is 9.84 Å². The van der Waals surface area contributed by atoms with Gasteiger partial charge in [0.1, 0.15) is 9.84 Å². The van der Waals surface area contributed by atoms with Gasteiger partial charge >= 0.3 is 0 Å². The molecule has 1 aromatic heterocycles. The molecule has 0 saturated carbocycles. The predicted molar refractivity (Wildman–Crippen MR) is 48.9 cm³/mol. The first-order valence-corrected chi connectivity index (χ1v) is 5.85. The Bertz CT molecular complexity index is 326. The lowest BCUT2D eigenvalue weighted by molar-refractivity contribution is 0.563. The minimum Gasteiger partial charge on any atom is -0.351 e. The second-order valence-corrected chi connectivity index (χ2v) is 5.26. The van der Waals surface area contributed by atoms with Crippen molar-refractivity contribution < 1.29 is 8.42 Å². The minimum absolute atomic E-state index is 0.0231. The highest BCUT2D eigenvalue weighted by Gasteiger charge is 2.10. The molecule has 0 radical (unpaired) electrons. The molecule has 0 aliphatic rings. The van der Waals surface area contributed by atoms with E-state index in [4.69, 9.17) is 0 Å². The molecule has 0 aliphatic carbocycles. The van der Waals surface area contributed by atoms with Crippen molar-refractivity contribution in [2.24, 2.45) is 0 Å². The van der Waals surface area contributed by atoms with Crippen LogP contribution in [0, 0.1) is 0 Å². The Balaban J connectivity index is 2.68. The van der Waals surface area contributed by atoms with Crippen molar-refractivity contribution in [1.82, 2.24) is 4.57 Å². The van der Waals surface area contributed by atoms with Gasteiger partial charge in [-0.2, -0.15) is 0 Å². The summed E-state index contributed by atoms with van der Waals surface area (Å²) in [7, 11) is -2.87. The van der Waals surface area contributed by atoms with Gasteiger partial charge in [0.15, 0.2) is 0 Å². The fraction of sp³-hybridized carbons (Fsp3) is 0.500. The molecule has 0 saturated heterocycles. The molecular formula is C8H13NO2S. The minimum atomic E-state index is -2.87. The van der Waals surface area contributed by atoms with Gasteiger partial charge < -0.3 is 4.57 Å². The molecule has 0 bridgehead atoms. The third-order valence-corrected chi connectivity index (χ3v) is 2.77. The van der Waals surface area contributed by atoms with Gasteiger partial charge in [-0.3, -0.25) is 0 Å². The van der Waals surface area contributed by atoms with E-state index >= 15 is 0 Å². The number of hydrogen-bond acceptors (Lipinski definition) is 2. The molecule has 0 spiro atoms. The van der Waals surface area contributed by atoms with Crippen LogP contribution in [0.1, 0.15) is 13.0 Å². The summed E-state index contributed by atoms with van der Waals surface area (Å²) in [5.74, 6) is 0.196. The van der Waals surface area contributed by atoms with Crippen molar-refractivity contribution in [3.63, 3.8) is 0 Å². The van der Waals surface area contributed by atoms with Gasteiger partial charge in [0.05, 0.1) is 5.75 Å². The van der Waals surface area contributed by atoms with Crippen LogP contribution in [0.4, 0.5) is 0 Å². The monoisotopic (exact) mass is 187 g/mol. The normalized spacial score (nSPS) is 14.5. The van der Waals surface area contributed by atoms with Gasteiger partial charge in [0.25, 0.3) is 0 Å². The third kappa shape index (κ3) is 2.70. The first kappa shape index (κ1) is 9.32. The second-order valence-electron chi connectivity index (χ2n) is 3.07. The molecule has 0 amide bonds. The molecule has 12 heavy (non-hydrogen) atoms. The van der Waals surface area contributed by atoms with Gasteiger partial charge in [-0.05, 0) is 19.1 Å². The van der Waals surface area contributed by atoms with E-state index in [2.05, 4.69) is 0 Å². The van der Waals surface area contributed by atoms with Crippen LogP contribution in [-0.2, 0) is 9.84 Å². The highest BCUT2D eigenvalue weighted by Crippen LogP contribution is 2.07. The molecule has 0 fully saturated rings. The largest absolute Gasteiger partial charge is 0.351 e. The molecule has 4 heteroatoms. The standard InChI is InChI=1S/C8H13NO2S/c1-8(7-12(2,10)11)9-5-3-4-6-9/h3-6,8H,7H2,1-2H3. The topological polar surface area (TPSA) is 39.1 Å². The highest BCUT2D eigenvalue weighted by atomic mass is 32.2.